The summed E-state index contributed by atoms with van der Waals surface area (Å²) in [5.74, 6) is 0.575. The van der Waals surface area contributed by atoms with E-state index in [1.165, 1.54) is 18.4 Å². The summed E-state index contributed by atoms with van der Waals surface area (Å²) in [6, 6.07) is 2.01. The minimum atomic E-state index is -0.342. The second kappa shape index (κ2) is 5.61. The number of anilines is 1. The molecule has 1 aliphatic heterocycles. The molecule has 21 heavy (non-hydrogen) atoms. The van der Waals surface area contributed by atoms with E-state index in [0.717, 1.165) is 29.0 Å². The van der Waals surface area contributed by atoms with Crippen LogP contribution in [0.5, 0.6) is 0 Å². The molecule has 2 aromatic heterocycles. The maximum Gasteiger partial charge on any atom is 0.340 e. The van der Waals surface area contributed by atoms with Crippen LogP contribution < -0.4 is 4.90 Å². The van der Waals surface area contributed by atoms with E-state index in [-0.39, 0.29) is 18.2 Å². The molecule has 0 radical (unpaired) electrons. The fraction of sp³-hybridized carbons (Fsp3) is 0.467. The molecule has 0 spiro atoms. The van der Waals surface area contributed by atoms with Gasteiger partial charge in [-0.3, -0.25) is 0 Å². The summed E-state index contributed by atoms with van der Waals surface area (Å²) in [7, 11) is 1.39. The van der Waals surface area contributed by atoms with Gasteiger partial charge in [0.15, 0.2) is 0 Å². The first kappa shape index (κ1) is 14.3. The second-order valence-electron chi connectivity index (χ2n) is 5.31. The lowest BCUT2D eigenvalue weighted by atomic mass is 10.2. The number of aromatic nitrogens is 1. The van der Waals surface area contributed by atoms with Gasteiger partial charge in [0.1, 0.15) is 5.82 Å². The normalized spacial score (nSPS) is 22.5. The van der Waals surface area contributed by atoms with Gasteiger partial charge in [0, 0.05) is 24.7 Å². The first-order valence-electron chi connectivity index (χ1n) is 6.95. The molecule has 2 aromatic rings. The first-order chi connectivity index (χ1) is 10.1. The Morgan fingerprint density at radius 3 is 2.81 bits per heavy atom. The van der Waals surface area contributed by atoms with Crippen molar-refractivity contribution in [1.82, 2.24) is 4.98 Å². The Morgan fingerprint density at radius 1 is 1.43 bits per heavy atom. The molecule has 112 valence electrons. The number of carbonyl (C=O) groups is 1. The lowest BCUT2D eigenvalue weighted by Crippen LogP contribution is -2.45. The van der Waals surface area contributed by atoms with Gasteiger partial charge >= 0.3 is 5.97 Å². The zero-order chi connectivity index (χ0) is 15.0. The van der Waals surface area contributed by atoms with Crippen LogP contribution in [0, 0.1) is 0 Å². The SMILES string of the molecule is COC(=O)c1cnc(N2C[C@@H](C)O[C@@H](C)C2)c2ccsc12. The number of hydrogen-bond acceptors (Lipinski definition) is 6. The van der Waals surface area contributed by atoms with Crippen LogP contribution in [-0.4, -0.2) is 43.4 Å². The molecule has 0 N–H and O–H groups in total. The number of rotatable bonds is 2. The maximum absolute atomic E-state index is 11.8. The van der Waals surface area contributed by atoms with Crippen LogP contribution in [0.2, 0.25) is 0 Å². The molecule has 2 atom stereocenters. The van der Waals surface area contributed by atoms with E-state index in [2.05, 4.69) is 23.7 Å². The number of carbonyl (C=O) groups excluding carboxylic acids is 1. The standard InChI is InChI=1S/C15H18N2O3S/c1-9-7-17(8-10(2)20-9)14-11-4-5-21-13(11)12(6-16-14)15(18)19-3/h4-6,9-10H,7-8H2,1-3H3/t9-,10+. The summed E-state index contributed by atoms with van der Waals surface area (Å²) in [6.07, 6.45) is 1.96. The molecule has 1 aliphatic rings. The van der Waals surface area contributed by atoms with Crippen molar-refractivity contribution < 1.29 is 14.3 Å². The molecule has 0 amide bonds. The van der Waals surface area contributed by atoms with Crippen molar-refractivity contribution in [3.63, 3.8) is 0 Å². The van der Waals surface area contributed by atoms with Crippen molar-refractivity contribution in [3.05, 3.63) is 23.2 Å². The van der Waals surface area contributed by atoms with E-state index in [4.69, 9.17) is 9.47 Å². The minimum absolute atomic E-state index is 0.171. The summed E-state index contributed by atoms with van der Waals surface area (Å²) in [4.78, 5) is 18.6. The Morgan fingerprint density at radius 2 is 2.14 bits per heavy atom. The van der Waals surface area contributed by atoms with E-state index in [1.54, 1.807) is 6.20 Å². The molecule has 5 nitrogen and oxygen atoms in total. The highest BCUT2D eigenvalue weighted by molar-refractivity contribution is 7.17. The van der Waals surface area contributed by atoms with E-state index < -0.39 is 0 Å². The summed E-state index contributed by atoms with van der Waals surface area (Å²) < 4.78 is 11.5. The van der Waals surface area contributed by atoms with Crippen molar-refractivity contribution in [1.29, 1.82) is 0 Å². The quantitative estimate of drug-likeness (QED) is 0.799. The minimum Gasteiger partial charge on any atom is -0.465 e. The molecular formula is C15H18N2O3S. The topological polar surface area (TPSA) is 51.7 Å². The van der Waals surface area contributed by atoms with Crippen LogP contribution in [-0.2, 0) is 9.47 Å². The molecule has 3 rings (SSSR count). The third-order valence-electron chi connectivity index (χ3n) is 3.59. The van der Waals surface area contributed by atoms with Crippen LogP contribution in [0.25, 0.3) is 10.1 Å². The van der Waals surface area contributed by atoms with Crippen LogP contribution in [0.15, 0.2) is 17.6 Å². The highest BCUT2D eigenvalue weighted by Crippen LogP contribution is 2.33. The molecular weight excluding hydrogens is 288 g/mol. The molecule has 0 aliphatic carbocycles. The lowest BCUT2D eigenvalue weighted by molar-refractivity contribution is -0.00537. The monoisotopic (exact) mass is 306 g/mol. The Hall–Kier alpha value is -1.66. The average molecular weight is 306 g/mol. The van der Waals surface area contributed by atoms with Crippen molar-refractivity contribution in [2.45, 2.75) is 26.1 Å². The maximum atomic E-state index is 11.8. The predicted octanol–water partition coefficient (Wildman–Crippen LogP) is 2.70. The Kier molecular flexibility index (Phi) is 3.82. The van der Waals surface area contributed by atoms with Crippen LogP contribution >= 0.6 is 11.3 Å². The number of esters is 1. The lowest BCUT2D eigenvalue weighted by Gasteiger charge is -2.36. The van der Waals surface area contributed by atoms with Gasteiger partial charge in [-0.25, -0.2) is 9.78 Å². The zero-order valence-electron chi connectivity index (χ0n) is 12.3. The van der Waals surface area contributed by atoms with E-state index in [0.29, 0.717) is 5.56 Å². The van der Waals surface area contributed by atoms with Crippen molar-refractivity contribution in [3.8, 4) is 0 Å². The van der Waals surface area contributed by atoms with Gasteiger partial charge in [-0.15, -0.1) is 11.3 Å². The number of morpholine rings is 1. The number of nitrogens with zero attached hydrogens (tertiary/aromatic N) is 2. The van der Waals surface area contributed by atoms with Gasteiger partial charge in [-0.2, -0.15) is 0 Å². The summed E-state index contributed by atoms with van der Waals surface area (Å²) in [5.41, 5.74) is 0.528. The summed E-state index contributed by atoms with van der Waals surface area (Å²) in [5, 5.41) is 2.99. The Balaban J connectivity index is 2.04. The van der Waals surface area contributed by atoms with Gasteiger partial charge in [0.2, 0.25) is 0 Å². The zero-order valence-corrected chi connectivity index (χ0v) is 13.1. The predicted molar refractivity (Wildman–Crippen MR) is 83.2 cm³/mol. The molecule has 0 aromatic carbocycles. The third kappa shape index (κ3) is 2.61. The number of thiophene rings is 1. The van der Waals surface area contributed by atoms with Gasteiger partial charge < -0.3 is 14.4 Å². The summed E-state index contributed by atoms with van der Waals surface area (Å²) >= 11 is 1.54. The van der Waals surface area contributed by atoms with Gasteiger partial charge in [-0.05, 0) is 25.3 Å². The van der Waals surface area contributed by atoms with Crippen molar-refractivity contribution >= 4 is 33.2 Å². The number of fused-ring (bicyclic) bond motifs is 1. The van der Waals surface area contributed by atoms with E-state index in [9.17, 15) is 4.79 Å². The van der Waals surface area contributed by atoms with Crippen LogP contribution in [0.3, 0.4) is 0 Å². The molecule has 6 heteroatoms. The summed E-state index contributed by atoms with van der Waals surface area (Å²) in [6.45, 7) is 5.74. The van der Waals surface area contributed by atoms with E-state index >= 15 is 0 Å². The number of ether oxygens (including phenoxy) is 2. The molecule has 0 bridgehead atoms. The smallest absolute Gasteiger partial charge is 0.340 e. The first-order valence-corrected chi connectivity index (χ1v) is 7.83. The van der Waals surface area contributed by atoms with Crippen molar-refractivity contribution in [2.24, 2.45) is 0 Å². The average Bonchev–Trinajstić information content (AvgIpc) is 2.93. The number of pyridine rings is 1. The van der Waals surface area contributed by atoms with Gasteiger partial charge in [0.25, 0.3) is 0 Å². The molecule has 1 fully saturated rings. The van der Waals surface area contributed by atoms with Gasteiger partial charge in [-0.1, -0.05) is 0 Å². The number of methoxy groups -OCH3 is 1. The molecule has 3 heterocycles. The number of hydrogen-bond donors (Lipinski definition) is 0. The van der Waals surface area contributed by atoms with E-state index in [1.807, 2.05) is 11.4 Å². The fourth-order valence-electron chi connectivity index (χ4n) is 2.81. The highest BCUT2D eigenvalue weighted by atomic mass is 32.1. The molecule has 1 saturated heterocycles. The fourth-order valence-corrected chi connectivity index (χ4v) is 3.70. The Labute approximate surface area is 127 Å². The highest BCUT2D eigenvalue weighted by Gasteiger charge is 2.26. The van der Waals surface area contributed by atoms with Gasteiger partial charge in [0.05, 0.1) is 29.6 Å². The Bertz CT molecular complexity index is 660. The van der Waals surface area contributed by atoms with Crippen molar-refractivity contribution in [2.75, 3.05) is 25.1 Å². The second-order valence-corrected chi connectivity index (χ2v) is 6.23. The third-order valence-corrected chi connectivity index (χ3v) is 4.54. The molecule has 0 unspecified atom stereocenters. The molecule has 0 saturated carbocycles. The largest absolute Gasteiger partial charge is 0.465 e. The van der Waals surface area contributed by atoms with Crippen LogP contribution in [0.4, 0.5) is 5.82 Å². The van der Waals surface area contributed by atoms with Crippen LogP contribution in [0.1, 0.15) is 24.2 Å².